The molecule has 2 rings (SSSR count). The summed E-state index contributed by atoms with van der Waals surface area (Å²) in [6.45, 7) is 10.8. The van der Waals surface area contributed by atoms with E-state index in [1.165, 1.54) is 0 Å². The second kappa shape index (κ2) is 5.06. The molecular formula is C14H19BrClN3. The second-order valence-corrected chi connectivity index (χ2v) is 7.56. The van der Waals surface area contributed by atoms with Gasteiger partial charge in [0.15, 0.2) is 5.65 Å². The molecule has 0 aromatic carbocycles. The number of alkyl halides is 1. The summed E-state index contributed by atoms with van der Waals surface area (Å²) < 4.78 is 3.10. The summed E-state index contributed by atoms with van der Waals surface area (Å²) in [6.07, 6.45) is 1.80. The summed E-state index contributed by atoms with van der Waals surface area (Å²) in [6, 6.07) is 2.25. The number of fused-ring (bicyclic) bond motifs is 1. The quantitative estimate of drug-likeness (QED) is 0.709. The van der Waals surface area contributed by atoms with Gasteiger partial charge in [0, 0.05) is 16.7 Å². The van der Waals surface area contributed by atoms with Gasteiger partial charge in [0.25, 0.3) is 0 Å². The van der Waals surface area contributed by atoms with Gasteiger partial charge in [-0.05, 0) is 41.3 Å². The molecule has 0 N–H and O–H groups in total. The van der Waals surface area contributed by atoms with Gasteiger partial charge in [0.1, 0.15) is 11.3 Å². The molecule has 0 spiro atoms. The Labute approximate surface area is 127 Å². The minimum absolute atomic E-state index is 0.114. The molecule has 0 aliphatic heterocycles. The van der Waals surface area contributed by atoms with Gasteiger partial charge in [0.05, 0.1) is 5.38 Å². The highest BCUT2D eigenvalue weighted by molar-refractivity contribution is 9.10. The van der Waals surface area contributed by atoms with Gasteiger partial charge < -0.3 is 4.57 Å². The molecule has 0 aliphatic carbocycles. The molecule has 0 saturated carbocycles. The predicted octanol–water partition coefficient (Wildman–Crippen LogP) is 5.10. The molecule has 2 heterocycles. The van der Waals surface area contributed by atoms with E-state index >= 15 is 0 Å². The molecule has 3 nitrogen and oxygen atoms in total. The van der Waals surface area contributed by atoms with Gasteiger partial charge in [-0.25, -0.2) is 9.97 Å². The number of hydrogen-bond acceptors (Lipinski definition) is 2. The zero-order valence-electron chi connectivity index (χ0n) is 11.9. The fourth-order valence-electron chi connectivity index (χ4n) is 2.02. The van der Waals surface area contributed by atoms with E-state index in [0.29, 0.717) is 0 Å². The van der Waals surface area contributed by atoms with Crippen molar-refractivity contribution in [3.05, 3.63) is 22.6 Å². The fraction of sp³-hybridized carbons (Fsp3) is 0.571. The van der Waals surface area contributed by atoms with Gasteiger partial charge in [-0.3, -0.25) is 0 Å². The van der Waals surface area contributed by atoms with Crippen LogP contribution in [0, 0.1) is 5.41 Å². The molecule has 19 heavy (non-hydrogen) atoms. The average molecular weight is 345 g/mol. The van der Waals surface area contributed by atoms with Gasteiger partial charge in [0.2, 0.25) is 0 Å². The van der Waals surface area contributed by atoms with E-state index in [2.05, 4.69) is 58.2 Å². The van der Waals surface area contributed by atoms with E-state index in [0.717, 1.165) is 21.5 Å². The van der Waals surface area contributed by atoms with Crippen LogP contribution >= 0.6 is 27.5 Å². The Morgan fingerprint density at radius 3 is 2.47 bits per heavy atom. The van der Waals surface area contributed by atoms with Gasteiger partial charge >= 0.3 is 0 Å². The highest BCUT2D eigenvalue weighted by Crippen LogP contribution is 2.36. The monoisotopic (exact) mass is 343 g/mol. The molecule has 0 saturated heterocycles. The smallest absolute Gasteiger partial charge is 0.160 e. The third-order valence-electron chi connectivity index (χ3n) is 3.52. The molecule has 2 aromatic rings. The van der Waals surface area contributed by atoms with Crippen molar-refractivity contribution < 1.29 is 0 Å². The van der Waals surface area contributed by atoms with E-state index in [1.54, 1.807) is 6.20 Å². The van der Waals surface area contributed by atoms with Crippen LogP contribution in [0.1, 0.15) is 51.9 Å². The molecular weight excluding hydrogens is 326 g/mol. The molecule has 2 unspecified atom stereocenters. The number of nitrogens with zero attached hydrogens (tertiary/aromatic N) is 3. The van der Waals surface area contributed by atoms with Crippen molar-refractivity contribution >= 4 is 38.7 Å². The van der Waals surface area contributed by atoms with E-state index in [9.17, 15) is 0 Å². The van der Waals surface area contributed by atoms with E-state index in [-0.39, 0.29) is 16.8 Å². The first kappa shape index (κ1) is 14.8. The minimum Gasteiger partial charge on any atom is -0.308 e. The van der Waals surface area contributed by atoms with Gasteiger partial charge in [-0.15, -0.1) is 11.6 Å². The Balaban J connectivity index is 2.72. The lowest BCUT2D eigenvalue weighted by Crippen LogP contribution is -2.23. The Morgan fingerprint density at radius 2 is 1.95 bits per heavy atom. The normalized spacial score (nSPS) is 15.7. The standard InChI is InChI=1S/C14H19BrClN3/c1-8(16)12-18-11-6-10(15)7-17-13(11)19(12)9(2)14(3,4)5/h6-9H,1-5H3. The Hall–Kier alpha value is -0.610. The van der Waals surface area contributed by atoms with Crippen LogP contribution in [0.4, 0.5) is 0 Å². The number of rotatable bonds is 2. The largest absolute Gasteiger partial charge is 0.308 e. The fourth-order valence-corrected chi connectivity index (χ4v) is 2.50. The lowest BCUT2D eigenvalue weighted by Gasteiger charge is -2.30. The molecule has 0 radical (unpaired) electrons. The Bertz CT molecular complexity index is 598. The number of hydrogen-bond donors (Lipinski definition) is 0. The van der Waals surface area contributed by atoms with Gasteiger partial charge in [-0.1, -0.05) is 20.8 Å². The van der Waals surface area contributed by atoms with Crippen molar-refractivity contribution in [3.63, 3.8) is 0 Å². The summed E-state index contributed by atoms with van der Waals surface area (Å²) in [5.41, 5.74) is 1.89. The van der Waals surface area contributed by atoms with Crippen LogP contribution in [-0.2, 0) is 0 Å². The summed E-state index contributed by atoms with van der Waals surface area (Å²) in [5.74, 6) is 0.879. The van der Waals surface area contributed by atoms with E-state index in [1.807, 2.05) is 13.0 Å². The number of imidazole rings is 1. The first-order chi connectivity index (χ1) is 8.71. The molecule has 5 heteroatoms. The molecule has 0 amide bonds. The molecule has 2 atom stereocenters. The van der Waals surface area contributed by atoms with Crippen molar-refractivity contribution in [2.45, 2.75) is 46.0 Å². The van der Waals surface area contributed by atoms with Crippen LogP contribution in [0.15, 0.2) is 16.7 Å². The van der Waals surface area contributed by atoms with Crippen molar-refractivity contribution in [3.8, 4) is 0 Å². The lowest BCUT2D eigenvalue weighted by molar-refractivity contribution is 0.261. The average Bonchev–Trinajstić information content (AvgIpc) is 2.64. The van der Waals surface area contributed by atoms with Crippen LogP contribution in [0.5, 0.6) is 0 Å². The Morgan fingerprint density at radius 1 is 1.32 bits per heavy atom. The molecule has 104 valence electrons. The topological polar surface area (TPSA) is 30.7 Å². The number of halogens is 2. The highest BCUT2D eigenvalue weighted by atomic mass is 79.9. The van der Waals surface area contributed by atoms with Crippen LogP contribution in [0.25, 0.3) is 11.2 Å². The zero-order valence-corrected chi connectivity index (χ0v) is 14.2. The summed E-state index contributed by atoms with van der Waals surface area (Å²) in [5, 5.41) is -0.141. The predicted molar refractivity (Wildman–Crippen MR) is 83.7 cm³/mol. The molecule has 2 aromatic heterocycles. The van der Waals surface area contributed by atoms with Crippen LogP contribution in [0.2, 0.25) is 0 Å². The van der Waals surface area contributed by atoms with Crippen LogP contribution in [0.3, 0.4) is 0 Å². The molecule has 0 fully saturated rings. The third-order valence-corrected chi connectivity index (χ3v) is 4.15. The first-order valence-corrected chi connectivity index (χ1v) is 7.62. The van der Waals surface area contributed by atoms with E-state index < -0.39 is 0 Å². The van der Waals surface area contributed by atoms with Gasteiger partial charge in [-0.2, -0.15) is 0 Å². The molecule has 0 aliphatic rings. The second-order valence-electron chi connectivity index (χ2n) is 5.99. The minimum atomic E-state index is -0.141. The van der Waals surface area contributed by atoms with Crippen molar-refractivity contribution in [1.82, 2.24) is 14.5 Å². The number of aromatic nitrogens is 3. The third kappa shape index (κ3) is 2.79. The first-order valence-electron chi connectivity index (χ1n) is 6.39. The maximum absolute atomic E-state index is 6.29. The maximum Gasteiger partial charge on any atom is 0.160 e. The lowest BCUT2D eigenvalue weighted by atomic mass is 9.87. The van der Waals surface area contributed by atoms with Crippen molar-refractivity contribution in [1.29, 1.82) is 0 Å². The maximum atomic E-state index is 6.29. The van der Waals surface area contributed by atoms with Crippen LogP contribution < -0.4 is 0 Å². The zero-order chi connectivity index (χ0) is 14.4. The summed E-state index contributed by atoms with van der Waals surface area (Å²) in [4.78, 5) is 9.16. The Kier molecular flexibility index (Phi) is 3.94. The van der Waals surface area contributed by atoms with Crippen molar-refractivity contribution in [2.24, 2.45) is 5.41 Å². The van der Waals surface area contributed by atoms with E-state index in [4.69, 9.17) is 11.6 Å². The number of pyridine rings is 1. The summed E-state index contributed by atoms with van der Waals surface area (Å²) >= 11 is 9.73. The van der Waals surface area contributed by atoms with Crippen molar-refractivity contribution in [2.75, 3.05) is 0 Å². The highest BCUT2D eigenvalue weighted by Gasteiger charge is 2.27. The molecule has 0 bridgehead atoms. The van der Waals surface area contributed by atoms with Crippen LogP contribution in [-0.4, -0.2) is 14.5 Å². The SMILES string of the molecule is CC(Cl)c1nc2cc(Br)cnc2n1C(C)C(C)(C)C. The summed E-state index contributed by atoms with van der Waals surface area (Å²) in [7, 11) is 0.